The molecular weight excluding hydrogens is 479 g/mol. The molecule has 4 aliphatic rings. The Labute approximate surface area is 227 Å². The Morgan fingerprint density at radius 2 is 1.79 bits per heavy atom. The lowest BCUT2D eigenvalue weighted by molar-refractivity contribution is -0.203. The SMILES string of the molecule is CC[C@@H]1C2C[C@H](O)CC[C@]2(C)C2CCC3(C)C(CC[C@@H]3[C@H](C)C/C=C/c3ccc(F)cc3C(=O)O)C2[C@@H]1O. The van der Waals surface area contributed by atoms with E-state index in [0.717, 1.165) is 38.2 Å². The normalized spacial score (nSPS) is 43.3. The number of aromatic carboxylic acids is 1. The van der Waals surface area contributed by atoms with Gasteiger partial charge < -0.3 is 15.3 Å². The molecule has 5 rings (SSSR count). The summed E-state index contributed by atoms with van der Waals surface area (Å²) >= 11 is 0. The van der Waals surface area contributed by atoms with E-state index in [9.17, 15) is 24.5 Å². The topological polar surface area (TPSA) is 77.8 Å². The van der Waals surface area contributed by atoms with Crippen LogP contribution in [0, 0.1) is 58.1 Å². The fraction of sp³-hybridized carbons (Fsp3) is 0.727. The number of halogens is 1. The summed E-state index contributed by atoms with van der Waals surface area (Å²) < 4.78 is 13.6. The van der Waals surface area contributed by atoms with E-state index in [1.165, 1.54) is 31.7 Å². The molecule has 11 atom stereocenters. The summed E-state index contributed by atoms with van der Waals surface area (Å²) in [5.41, 5.74) is 0.958. The maximum atomic E-state index is 13.6. The number of benzene rings is 1. The molecular formula is C33H47FO4. The van der Waals surface area contributed by atoms with Gasteiger partial charge in [0.15, 0.2) is 0 Å². The van der Waals surface area contributed by atoms with Gasteiger partial charge >= 0.3 is 5.97 Å². The molecule has 38 heavy (non-hydrogen) atoms. The van der Waals surface area contributed by atoms with E-state index in [1.54, 1.807) is 6.07 Å². The summed E-state index contributed by atoms with van der Waals surface area (Å²) in [4.78, 5) is 11.6. The molecule has 1 aromatic carbocycles. The molecule has 0 heterocycles. The Morgan fingerprint density at radius 3 is 2.50 bits per heavy atom. The van der Waals surface area contributed by atoms with Gasteiger partial charge in [-0.15, -0.1) is 0 Å². The van der Waals surface area contributed by atoms with E-state index in [1.807, 2.05) is 6.08 Å². The zero-order valence-electron chi connectivity index (χ0n) is 23.6. The van der Waals surface area contributed by atoms with Crippen LogP contribution in [0.5, 0.6) is 0 Å². The number of carbonyl (C=O) groups is 1. The van der Waals surface area contributed by atoms with Crippen LogP contribution in [0.25, 0.3) is 6.08 Å². The lowest BCUT2D eigenvalue weighted by atomic mass is 9.41. The molecule has 0 spiro atoms. The number of aliphatic hydroxyl groups excluding tert-OH is 2. The second kappa shape index (κ2) is 10.4. The molecule has 4 saturated carbocycles. The first-order valence-corrected chi connectivity index (χ1v) is 15.1. The first kappa shape index (κ1) is 27.8. The highest BCUT2D eigenvalue weighted by Gasteiger charge is 2.64. The average Bonchev–Trinajstić information content (AvgIpc) is 3.23. The molecule has 210 valence electrons. The van der Waals surface area contributed by atoms with Crippen molar-refractivity contribution in [1.82, 2.24) is 0 Å². The minimum absolute atomic E-state index is 0.00101. The Kier molecular flexibility index (Phi) is 7.58. The fourth-order valence-corrected chi connectivity index (χ4v) is 10.4. The van der Waals surface area contributed by atoms with E-state index in [0.29, 0.717) is 41.1 Å². The van der Waals surface area contributed by atoms with Gasteiger partial charge in [-0.3, -0.25) is 0 Å². The molecule has 1 aromatic rings. The summed E-state index contributed by atoms with van der Waals surface area (Å²) in [6.45, 7) is 9.52. The number of carboxylic acid groups (broad SMARTS) is 1. The highest BCUT2D eigenvalue weighted by atomic mass is 19.1. The minimum Gasteiger partial charge on any atom is -0.478 e. The number of carboxylic acids is 1. The quantitative estimate of drug-likeness (QED) is 0.367. The molecule has 0 bridgehead atoms. The van der Waals surface area contributed by atoms with Gasteiger partial charge in [-0.05, 0) is 121 Å². The molecule has 4 fully saturated rings. The molecule has 5 heteroatoms. The number of fused-ring (bicyclic) bond motifs is 5. The van der Waals surface area contributed by atoms with Gasteiger partial charge in [0, 0.05) is 0 Å². The smallest absolute Gasteiger partial charge is 0.336 e. The first-order chi connectivity index (χ1) is 18.0. The van der Waals surface area contributed by atoms with Crippen LogP contribution in [-0.2, 0) is 0 Å². The van der Waals surface area contributed by atoms with Gasteiger partial charge in [-0.2, -0.15) is 0 Å². The van der Waals surface area contributed by atoms with E-state index in [-0.39, 0.29) is 34.5 Å². The molecule has 0 aromatic heterocycles. The molecule has 0 amide bonds. The predicted molar refractivity (Wildman–Crippen MR) is 148 cm³/mol. The van der Waals surface area contributed by atoms with Gasteiger partial charge in [0.05, 0.1) is 17.8 Å². The lowest BCUT2D eigenvalue weighted by Crippen LogP contribution is -2.62. The predicted octanol–water partition coefficient (Wildman–Crippen LogP) is 7.19. The fourth-order valence-electron chi connectivity index (χ4n) is 10.4. The van der Waals surface area contributed by atoms with Crippen LogP contribution in [0.2, 0.25) is 0 Å². The second-order valence-corrected chi connectivity index (χ2v) is 13.8. The zero-order valence-corrected chi connectivity index (χ0v) is 23.6. The molecule has 4 aliphatic carbocycles. The van der Waals surface area contributed by atoms with E-state index >= 15 is 0 Å². The standard InChI is InChI=1S/C33H47FO4/c1-5-23-28-18-22(35)13-15-33(28,4)27-14-16-32(3)25(11-12-26(32)29(27)30(23)36)19(2)7-6-8-20-9-10-21(34)17-24(20)31(37)38/h6,8-10,17,19,22-23,25-30,35-36H,5,7,11-16,18H2,1-4H3,(H,37,38)/b8-6+/t19-,22-,23-,25-,26?,27?,28?,29?,30-,32?,33-/m1/s1. The number of hydrogen-bond acceptors (Lipinski definition) is 3. The number of aliphatic hydroxyl groups is 2. The van der Waals surface area contributed by atoms with Crippen molar-refractivity contribution in [1.29, 1.82) is 0 Å². The summed E-state index contributed by atoms with van der Waals surface area (Å²) in [5, 5.41) is 31.8. The summed E-state index contributed by atoms with van der Waals surface area (Å²) in [7, 11) is 0. The highest BCUT2D eigenvalue weighted by Crippen LogP contribution is 2.69. The van der Waals surface area contributed by atoms with Crippen molar-refractivity contribution in [3.63, 3.8) is 0 Å². The van der Waals surface area contributed by atoms with Crippen LogP contribution >= 0.6 is 0 Å². The van der Waals surface area contributed by atoms with Gasteiger partial charge in [-0.1, -0.05) is 52.3 Å². The van der Waals surface area contributed by atoms with Crippen molar-refractivity contribution < 1.29 is 24.5 Å². The van der Waals surface area contributed by atoms with Crippen molar-refractivity contribution >= 4 is 12.0 Å². The van der Waals surface area contributed by atoms with Crippen molar-refractivity contribution in [3.05, 3.63) is 41.2 Å². The largest absolute Gasteiger partial charge is 0.478 e. The van der Waals surface area contributed by atoms with Crippen LogP contribution in [0.4, 0.5) is 4.39 Å². The third-order valence-electron chi connectivity index (χ3n) is 12.2. The lowest BCUT2D eigenvalue weighted by Gasteiger charge is -2.64. The highest BCUT2D eigenvalue weighted by molar-refractivity contribution is 5.92. The van der Waals surface area contributed by atoms with Crippen LogP contribution < -0.4 is 0 Å². The number of allylic oxidation sites excluding steroid dienone is 1. The van der Waals surface area contributed by atoms with Crippen LogP contribution in [0.3, 0.4) is 0 Å². The van der Waals surface area contributed by atoms with Gasteiger partial charge in [0.1, 0.15) is 5.82 Å². The van der Waals surface area contributed by atoms with Crippen LogP contribution in [0.15, 0.2) is 24.3 Å². The van der Waals surface area contributed by atoms with Crippen LogP contribution in [0.1, 0.15) is 101 Å². The Balaban J connectivity index is 1.34. The van der Waals surface area contributed by atoms with Gasteiger partial charge in [-0.25, -0.2) is 9.18 Å². The number of hydrogen-bond donors (Lipinski definition) is 3. The van der Waals surface area contributed by atoms with Gasteiger partial charge in [0.25, 0.3) is 0 Å². The Bertz CT molecular complexity index is 1070. The third kappa shape index (κ3) is 4.46. The second-order valence-electron chi connectivity index (χ2n) is 13.8. The van der Waals surface area contributed by atoms with Crippen molar-refractivity contribution in [2.75, 3.05) is 0 Å². The van der Waals surface area contributed by atoms with Gasteiger partial charge in [0.2, 0.25) is 0 Å². The Hall–Kier alpha value is -1.72. The molecule has 0 saturated heterocycles. The Morgan fingerprint density at radius 1 is 1.08 bits per heavy atom. The van der Waals surface area contributed by atoms with Crippen molar-refractivity contribution in [3.8, 4) is 0 Å². The molecule has 3 N–H and O–H groups in total. The molecule has 0 aliphatic heterocycles. The molecule has 4 nitrogen and oxygen atoms in total. The zero-order chi connectivity index (χ0) is 27.4. The van der Waals surface area contributed by atoms with E-state index < -0.39 is 11.8 Å². The summed E-state index contributed by atoms with van der Waals surface area (Å²) in [6.07, 6.45) is 12.8. The summed E-state index contributed by atoms with van der Waals surface area (Å²) in [6, 6.07) is 3.94. The van der Waals surface area contributed by atoms with E-state index in [2.05, 4.69) is 33.8 Å². The summed E-state index contributed by atoms with van der Waals surface area (Å²) in [5.74, 6) is 1.48. The third-order valence-corrected chi connectivity index (χ3v) is 12.2. The average molecular weight is 527 g/mol. The maximum Gasteiger partial charge on any atom is 0.336 e. The first-order valence-electron chi connectivity index (χ1n) is 15.1. The molecule has 5 unspecified atom stereocenters. The van der Waals surface area contributed by atoms with Crippen molar-refractivity contribution in [2.24, 2.45) is 52.3 Å². The van der Waals surface area contributed by atoms with Crippen LogP contribution in [-0.4, -0.2) is 33.5 Å². The van der Waals surface area contributed by atoms with E-state index in [4.69, 9.17) is 0 Å². The maximum absolute atomic E-state index is 13.6. The molecule has 0 radical (unpaired) electrons. The monoisotopic (exact) mass is 526 g/mol. The minimum atomic E-state index is -1.11. The number of rotatable bonds is 6. The van der Waals surface area contributed by atoms with Crippen molar-refractivity contribution in [2.45, 2.75) is 97.7 Å².